The lowest BCUT2D eigenvalue weighted by Gasteiger charge is -2.09. The van der Waals surface area contributed by atoms with Crippen LogP contribution in [0, 0.1) is 0 Å². The van der Waals surface area contributed by atoms with Crippen molar-refractivity contribution in [3.63, 3.8) is 0 Å². The van der Waals surface area contributed by atoms with Gasteiger partial charge in [0.05, 0.1) is 5.52 Å². The number of anilines is 2. The third kappa shape index (κ3) is 3.67. The molecule has 0 bridgehead atoms. The fourth-order valence-corrected chi connectivity index (χ4v) is 3.07. The second-order valence-electron chi connectivity index (χ2n) is 5.74. The second kappa shape index (κ2) is 6.99. The number of rotatable bonds is 4. The van der Waals surface area contributed by atoms with Crippen LogP contribution in [0.25, 0.3) is 10.9 Å². The quantitative estimate of drug-likeness (QED) is 0.525. The van der Waals surface area contributed by atoms with Crippen LogP contribution in [0.2, 0.25) is 0 Å². The molecule has 0 fully saturated rings. The molecule has 4 rings (SSSR count). The zero-order valence-electron chi connectivity index (χ0n) is 13.4. The van der Waals surface area contributed by atoms with Crippen molar-refractivity contribution in [2.45, 2.75) is 6.42 Å². The highest BCUT2D eigenvalue weighted by Gasteiger charge is 2.05. The summed E-state index contributed by atoms with van der Waals surface area (Å²) in [6.45, 7) is 0. The average Bonchev–Trinajstić information content (AvgIpc) is 2.65. The highest BCUT2D eigenvalue weighted by Crippen LogP contribution is 2.26. The molecule has 0 aliphatic carbocycles. The molecule has 0 radical (unpaired) electrons. The van der Waals surface area contributed by atoms with E-state index in [-0.39, 0.29) is 0 Å². The summed E-state index contributed by atoms with van der Waals surface area (Å²) < 4.78 is 1.01. The molecule has 0 spiro atoms. The molecule has 0 atom stereocenters. The third-order valence-corrected chi connectivity index (χ3v) is 4.46. The summed E-state index contributed by atoms with van der Waals surface area (Å²) in [5.74, 6) is 0.799. The van der Waals surface area contributed by atoms with Gasteiger partial charge in [-0.05, 0) is 60.0 Å². The fraction of sp³-hybridized carbons (Fsp3) is 0.0500. The van der Waals surface area contributed by atoms with Crippen molar-refractivity contribution in [2.24, 2.45) is 0 Å². The molecule has 2 heterocycles. The zero-order chi connectivity index (χ0) is 17.1. The van der Waals surface area contributed by atoms with E-state index in [1.807, 2.05) is 42.7 Å². The Labute approximate surface area is 154 Å². The molecular weight excluding hydrogens is 376 g/mol. The van der Waals surface area contributed by atoms with Crippen LogP contribution in [0.4, 0.5) is 11.5 Å². The van der Waals surface area contributed by atoms with Crippen LogP contribution in [-0.4, -0.2) is 15.0 Å². The van der Waals surface area contributed by atoms with E-state index < -0.39 is 0 Å². The summed E-state index contributed by atoms with van der Waals surface area (Å²) >= 11 is 3.51. The lowest BCUT2D eigenvalue weighted by Crippen LogP contribution is -1.96. The normalized spacial score (nSPS) is 10.8. The largest absolute Gasteiger partial charge is 0.340 e. The van der Waals surface area contributed by atoms with Gasteiger partial charge < -0.3 is 5.32 Å². The van der Waals surface area contributed by atoms with Crippen LogP contribution in [0.3, 0.4) is 0 Å². The van der Waals surface area contributed by atoms with Crippen LogP contribution in [0.15, 0.2) is 77.8 Å². The summed E-state index contributed by atoms with van der Waals surface area (Å²) in [5, 5.41) is 4.37. The van der Waals surface area contributed by atoms with E-state index in [1.54, 1.807) is 6.33 Å². The Kier molecular flexibility index (Phi) is 4.39. The highest BCUT2D eigenvalue weighted by atomic mass is 79.9. The van der Waals surface area contributed by atoms with E-state index in [4.69, 9.17) is 0 Å². The van der Waals surface area contributed by atoms with Gasteiger partial charge in [-0.2, -0.15) is 0 Å². The Balaban J connectivity index is 1.56. The van der Waals surface area contributed by atoms with Crippen molar-refractivity contribution in [1.29, 1.82) is 0 Å². The molecule has 4 aromatic rings. The van der Waals surface area contributed by atoms with Gasteiger partial charge >= 0.3 is 0 Å². The summed E-state index contributed by atoms with van der Waals surface area (Å²) in [5.41, 5.74) is 4.42. The number of nitrogens with zero attached hydrogens (tertiary/aromatic N) is 3. The number of benzene rings is 2. The molecule has 0 aliphatic rings. The third-order valence-electron chi connectivity index (χ3n) is 3.97. The number of halogens is 1. The van der Waals surface area contributed by atoms with Gasteiger partial charge in [0.1, 0.15) is 12.1 Å². The molecule has 0 aliphatic heterocycles. The van der Waals surface area contributed by atoms with Gasteiger partial charge in [-0.25, -0.2) is 9.97 Å². The highest BCUT2D eigenvalue weighted by molar-refractivity contribution is 9.10. The first-order valence-corrected chi connectivity index (χ1v) is 8.72. The molecule has 0 saturated heterocycles. The molecule has 0 saturated carbocycles. The molecule has 25 heavy (non-hydrogen) atoms. The van der Waals surface area contributed by atoms with E-state index in [0.29, 0.717) is 0 Å². The van der Waals surface area contributed by atoms with Gasteiger partial charge in [0.2, 0.25) is 0 Å². The molecule has 5 heteroatoms. The van der Waals surface area contributed by atoms with Crippen molar-refractivity contribution in [3.05, 3.63) is 88.9 Å². The molecular formula is C20H15BrN4. The Morgan fingerprint density at radius 3 is 2.40 bits per heavy atom. The van der Waals surface area contributed by atoms with Crippen LogP contribution in [0.5, 0.6) is 0 Å². The molecule has 122 valence electrons. The predicted octanol–water partition coefficient (Wildman–Crippen LogP) is 5.12. The first-order valence-electron chi connectivity index (χ1n) is 7.93. The SMILES string of the molecule is Brc1ccc2ncnc(Nc3ccc(Cc4ccncc4)cc3)c2c1. The van der Waals surface area contributed by atoms with E-state index in [2.05, 4.69) is 60.5 Å². The van der Waals surface area contributed by atoms with Crippen molar-refractivity contribution in [3.8, 4) is 0 Å². The molecule has 0 unspecified atom stereocenters. The van der Waals surface area contributed by atoms with Crippen molar-refractivity contribution < 1.29 is 0 Å². The van der Waals surface area contributed by atoms with Gasteiger partial charge in [-0.3, -0.25) is 4.98 Å². The molecule has 1 N–H and O–H groups in total. The number of fused-ring (bicyclic) bond motifs is 1. The second-order valence-corrected chi connectivity index (χ2v) is 6.65. The maximum Gasteiger partial charge on any atom is 0.141 e. The van der Waals surface area contributed by atoms with Crippen molar-refractivity contribution in [2.75, 3.05) is 5.32 Å². The Morgan fingerprint density at radius 2 is 1.60 bits per heavy atom. The molecule has 4 nitrogen and oxygen atoms in total. The minimum atomic E-state index is 0.799. The van der Waals surface area contributed by atoms with E-state index in [1.165, 1.54) is 11.1 Å². The number of hydrogen-bond donors (Lipinski definition) is 1. The monoisotopic (exact) mass is 390 g/mol. The summed E-state index contributed by atoms with van der Waals surface area (Å²) in [4.78, 5) is 12.7. The van der Waals surface area contributed by atoms with Crippen LogP contribution >= 0.6 is 15.9 Å². The number of hydrogen-bond acceptors (Lipinski definition) is 4. The summed E-state index contributed by atoms with van der Waals surface area (Å²) in [6.07, 6.45) is 6.12. The Bertz CT molecular complexity index is 1000. The van der Waals surface area contributed by atoms with E-state index in [0.717, 1.165) is 33.3 Å². The number of nitrogens with one attached hydrogen (secondary N) is 1. The molecule has 0 amide bonds. The van der Waals surface area contributed by atoms with E-state index in [9.17, 15) is 0 Å². The van der Waals surface area contributed by atoms with E-state index >= 15 is 0 Å². The maximum absolute atomic E-state index is 4.38. The topological polar surface area (TPSA) is 50.7 Å². The smallest absolute Gasteiger partial charge is 0.141 e. The van der Waals surface area contributed by atoms with Crippen molar-refractivity contribution >= 4 is 38.3 Å². The Morgan fingerprint density at radius 1 is 0.840 bits per heavy atom. The molecule has 2 aromatic heterocycles. The van der Waals surface area contributed by atoms with Crippen molar-refractivity contribution in [1.82, 2.24) is 15.0 Å². The lowest BCUT2D eigenvalue weighted by atomic mass is 10.1. The maximum atomic E-state index is 4.38. The van der Waals surface area contributed by atoms with Crippen LogP contribution < -0.4 is 5.32 Å². The average molecular weight is 391 g/mol. The van der Waals surface area contributed by atoms with Crippen LogP contribution in [0.1, 0.15) is 11.1 Å². The first kappa shape index (κ1) is 15.7. The predicted molar refractivity (Wildman–Crippen MR) is 104 cm³/mol. The lowest BCUT2D eigenvalue weighted by molar-refractivity contribution is 1.16. The fourth-order valence-electron chi connectivity index (χ4n) is 2.71. The van der Waals surface area contributed by atoms with Gasteiger partial charge in [-0.15, -0.1) is 0 Å². The van der Waals surface area contributed by atoms with Gasteiger partial charge in [-0.1, -0.05) is 28.1 Å². The number of aromatic nitrogens is 3. The zero-order valence-corrected chi connectivity index (χ0v) is 14.9. The van der Waals surface area contributed by atoms with Gasteiger partial charge in [0.25, 0.3) is 0 Å². The molecule has 2 aromatic carbocycles. The van der Waals surface area contributed by atoms with Gasteiger partial charge in [0.15, 0.2) is 0 Å². The minimum Gasteiger partial charge on any atom is -0.340 e. The standard InChI is InChI=1S/C20H15BrN4/c21-16-3-6-19-18(12-16)20(24-13-23-19)25-17-4-1-14(2-5-17)11-15-7-9-22-10-8-15/h1-10,12-13H,11H2,(H,23,24,25). The summed E-state index contributed by atoms with van der Waals surface area (Å²) in [7, 11) is 0. The minimum absolute atomic E-state index is 0.799. The summed E-state index contributed by atoms with van der Waals surface area (Å²) in [6, 6.07) is 18.5. The number of pyridine rings is 1. The Hall–Kier alpha value is -2.79. The van der Waals surface area contributed by atoms with Crippen LogP contribution in [-0.2, 0) is 6.42 Å². The van der Waals surface area contributed by atoms with Gasteiger partial charge in [0, 0.05) is 27.9 Å². The first-order chi connectivity index (χ1) is 12.3.